The van der Waals surface area contributed by atoms with Gasteiger partial charge in [-0.05, 0) is 46.5 Å². The van der Waals surface area contributed by atoms with E-state index in [-0.39, 0.29) is 5.60 Å². The van der Waals surface area contributed by atoms with Crippen LogP contribution in [0, 0.1) is 0 Å². The molecule has 0 aromatic heterocycles. The van der Waals surface area contributed by atoms with Crippen LogP contribution in [0.4, 0.5) is 0 Å². The van der Waals surface area contributed by atoms with Gasteiger partial charge >= 0.3 is 0 Å². The molecule has 0 radical (unpaired) electrons. The van der Waals surface area contributed by atoms with E-state index in [9.17, 15) is 5.11 Å². The Morgan fingerprint density at radius 1 is 0.750 bits per heavy atom. The third-order valence-electron chi connectivity index (χ3n) is 3.67. The molecule has 1 N–H and O–H groups in total. The average molecular weight is 278 g/mol. The van der Waals surface area contributed by atoms with Gasteiger partial charge in [-0.1, -0.05) is 27.7 Å². The number of rotatable bonds is 5. The van der Waals surface area contributed by atoms with Crippen LogP contribution in [0.1, 0.15) is 70.7 Å². The molecule has 0 atom stereocenters. The molecular weight excluding hydrogens is 248 g/mol. The van der Waals surface area contributed by atoms with E-state index in [4.69, 9.17) is 4.74 Å². The molecule has 1 rings (SSSR count). The van der Waals surface area contributed by atoms with Crippen LogP contribution in [0.5, 0.6) is 11.5 Å². The highest BCUT2D eigenvalue weighted by atomic mass is 16.5. The van der Waals surface area contributed by atoms with E-state index in [1.54, 1.807) is 0 Å². The molecule has 1 aromatic carbocycles. The van der Waals surface area contributed by atoms with Gasteiger partial charge in [0.1, 0.15) is 17.1 Å². The zero-order valence-electron chi connectivity index (χ0n) is 14.2. The van der Waals surface area contributed by atoms with Crippen LogP contribution >= 0.6 is 0 Å². The molecule has 0 spiro atoms. The minimum Gasteiger partial charge on any atom is -0.507 e. The van der Waals surface area contributed by atoms with E-state index >= 15 is 0 Å². The van der Waals surface area contributed by atoms with Crippen LogP contribution in [-0.4, -0.2) is 10.7 Å². The standard InChI is InChI=1S/C18H30O2/c1-8-12-14(10-3)17(20-18(5,6)7)15(11-4)13(9-2)16(12)19/h19H,8-11H2,1-7H3. The maximum Gasteiger partial charge on any atom is 0.127 e. The van der Waals surface area contributed by atoms with Crippen LogP contribution in [-0.2, 0) is 25.7 Å². The first-order valence-electron chi connectivity index (χ1n) is 7.87. The lowest BCUT2D eigenvalue weighted by Crippen LogP contribution is -2.25. The molecule has 0 bridgehead atoms. The first-order valence-corrected chi connectivity index (χ1v) is 7.87. The predicted octanol–water partition coefficient (Wildman–Crippen LogP) is 4.82. The number of hydrogen-bond donors (Lipinski definition) is 1. The Bertz CT molecular complexity index is 434. The Morgan fingerprint density at radius 2 is 1.10 bits per heavy atom. The predicted molar refractivity (Wildman–Crippen MR) is 86.0 cm³/mol. The summed E-state index contributed by atoms with van der Waals surface area (Å²) in [5, 5.41) is 10.6. The quantitative estimate of drug-likeness (QED) is 0.836. The molecular formula is C18H30O2. The lowest BCUT2D eigenvalue weighted by molar-refractivity contribution is 0.127. The molecule has 2 nitrogen and oxygen atoms in total. The number of phenolic OH excluding ortho intramolecular Hbond substituents is 1. The summed E-state index contributed by atoms with van der Waals surface area (Å²) in [6.45, 7) is 14.7. The molecule has 114 valence electrons. The fraction of sp³-hybridized carbons (Fsp3) is 0.667. The molecule has 1 aromatic rings. The summed E-state index contributed by atoms with van der Waals surface area (Å²) in [7, 11) is 0. The molecule has 0 heterocycles. The molecule has 0 saturated carbocycles. The van der Waals surface area contributed by atoms with Crippen molar-refractivity contribution in [2.75, 3.05) is 0 Å². The molecule has 0 aliphatic carbocycles. The summed E-state index contributed by atoms with van der Waals surface area (Å²) >= 11 is 0. The molecule has 0 saturated heterocycles. The second kappa shape index (κ2) is 6.51. The van der Waals surface area contributed by atoms with E-state index < -0.39 is 0 Å². The van der Waals surface area contributed by atoms with Gasteiger partial charge in [-0.2, -0.15) is 0 Å². The van der Waals surface area contributed by atoms with Crippen LogP contribution in [0.2, 0.25) is 0 Å². The first-order chi connectivity index (χ1) is 9.30. The maximum absolute atomic E-state index is 10.6. The highest BCUT2D eigenvalue weighted by molar-refractivity contribution is 5.59. The fourth-order valence-corrected chi connectivity index (χ4v) is 2.86. The van der Waals surface area contributed by atoms with E-state index in [1.807, 2.05) is 0 Å². The van der Waals surface area contributed by atoms with Gasteiger partial charge < -0.3 is 9.84 Å². The van der Waals surface area contributed by atoms with Crippen molar-refractivity contribution in [1.29, 1.82) is 0 Å². The van der Waals surface area contributed by atoms with Gasteiger partial charge in [-0.3, -0.25) is 0 Å². The minimum atomic E-state index is -0.221. The van der Waals surface area contributed by atoms with Gasteiger partial charge in [0.15, 0.2) is 0 Å². The monoisotopic (exact) mass is 278 g/mol. The van der Waals surface area contributed by atoms with Crippen molar-refractivity contribution in [2.45, 2.75) is 79.8 Å². The molecule has 0 aliphatic heterocycles. The van der Waals surface area contributed by atoms with Gasteiger partial charge in [-0.15, -0.1) is 0 Å². The topological polar surface area (TPSA) is 29.5 Å². The van der Waals surface area contributed by atoms with Crippen LogP contribution in [0.25, 0.3) is 0 Å². The van der Waals surface area contributed by atoms with Crippen LogP contribution in [0.15, 0.2) is 0 Å². The zero-order chi connectivity index (χ0) is 15.5. The molecule has 0 unspecified atom stereocenters. The number of hydrogen-bond acceptors (Lipinski definition) is 2. The summed E-state index contributed by atoms with van der Waals surface area (Å²) in [5.41, 5.74) is 4.24. The SMILES string of the molecule is CCc1c(O)c(CC)c(CC)c(OC(C)(C)C)c1CC. The highest BCUT2D eigenvalue weighted by Crippen LogP contribution is 2.41. The minimum absolute atomic E-state index is 0.221. The number of phenols is 1. The van der Waals surface area contributed by atoms with Crippen molar-refractivity contribution >= 4 is 0 Å². The van der Waals surface area contributed by atoms with Gasteiger partial charge in [0.25, 0.3) is 0 Å². The smallest absolute Gasteiger partial charge is 0.127 e. The van der Waals surface area contributed by atoms with E-state index in [2.05, 4.69) is 48.5 Å². The number of ether oxygens (including phenoxy) is 1. The second-order valence-electron chi connectivity index (χ2n) is 6.22. The summed E-state index contributed by atoms with van der Waals surface area (Å²) < 4.78 is 6.27. The third kappa shape index (κ3) is 3.28. The molecule has 0 amide bonds. The number of aromatic hydroxyl groups is 1. The van der Waals surface area contributed by atoms with E-state index in [0.29, 0.717) is 5.75 Å². The molecule has 0 aliphatic rings. The Kier molecular flexibility index (Phi) is 5.50. The summed E-state index contributed by atoms with van der Waals surface area (Å²) in [5.74, 6) is 1.50. The molecule has 2 heteroatoms. The largest absolute Gasteiger partial charge is 0.507 e. The lowest BCUT2D eigenvalue weighted by atomic mass is 9.90. The Hall–Kier alpha value is -1.18. The lowest BCUT2D eigenvalue weighted by Gasteiger charge is -2.28. The van der Waals surface area contributed by atoms with Crippen molar-refractivity contribution in [3.63, 3.8) is 0 Å². The van der Waals surface area contributed by atoms with Gasteiger partial charge in [0, 0.05) is 22.3 Å². The molecule has 0 fully saturated rings. The average Bonchev–Trinajstić information content (AvgIpc) is 2.37. The normalized spacial score (nSPS) is 11.8. The Balaban J connectivity index is 3.67. The van der Waals surface area contributed by atoms with E-state index in [1.165, 1.54) is 11.1 Å². The van der Waals surface area contributed by atoms with Crippen molar-refractivity contribution in [2.24, 2.45) is 0 Å². The zero-order valence-corrected chi connectivity index (χ0v) is 14.2. The Labute approximate surface area is 124 Å². The maximum atomic E-state index is 10.6. The molecule has 20 heavy (non-hydrogen) atoms. The second-order valence-corrected chi connectivity index (χ2v) is 6.22. The summed E-state index contributed by atoms with van der Waals surface area (Å²) in [6.07, 6.45) is 3.46. The van der Waals surface area contributed by atoms with Crippen molar-refractivity contribution in [3.05, 3.63) is 22.3 Å². The first kappa shape index (κ1) is 16.9. The third-order valence-corrected chi connectivity index (χ3v) is 3.67. The van der Waals surface area contributed by atoms with Crippen molar-refractivity contribution in [3.8, 4) is 11.5 Å². The van der Waals surface area contributed by atoms with Gasteiger partial charge in [-0.25, -0.2) is 0 Å². The van der Waals surface area contributed by atoms with Crippen LogP contribution in [0.3, 0.4) is 0 Å². The Morgan fingerprint density at radius 3 is 1.35 bits per heavy atom. The van der Waals surface area contributed by atoms with Crippen molar-refractivity contribution < 1.29 is 9.84 Å². The van der Waals surface area contributed by atoms with Gasteiger partial charge in [0.05, 0.1) is 0 Å². The van der Waals surface area contributed by atoms with E-state index in [0.717, 1.165) is 42.6 Å². The highest BCUT2D eigenvalue weighted by Gasteiger charge is 2.24. The van der Waals surface area contributed by atoms with Gasteiger partial charge in [0.2, 0.25) is 0 Å². The fourth-order valence-electron chi connectivity index (χ4n) is 2.86. The van der Waals surface area contributed by atoms with Crippen LogP contribution < -0.4 is 4.74 Å². The summed E-state index contributed by atoms with van der Waals surface area (Å²) in [4.78, 5) is 0. The van der Waals surface area contributed by atoms with Crippen molar-refractivity contribution in [1.82, 2.24) is 0 Å². The number of benzene rings is 1. The summed E-state index contributed by atoms with van der Waals surface area (Å²) in [6, 6.07) is 0.